The lowest BCUT2D eigenvalue weighted by molar-refractivity contribution is -0.159. The average molecular weight is 617 g/mol. The summed E-state index contributed by atoms with van der Waals surface area (Å²) < 4.78 is 11.7. The zero-order valence-corrected chi connectivity index (χ0v) is 24.6. The molecule has 4 rings (SSSR count). The number of piperidine rings is 2. The molecule has 2 aliphatic rings. The van der Waals surface area contributed by atoms with Gasteiger partial charge < -0.3 is 29.9 Å². The fourth-order valence-corrected chi connectivity index (χ4v) is 4.52. The molecule has 0 aliphatic carbocycles. The van der Waals surface area contributed by atoms with Crippen LogP contribution in [-0.2, 0) is 19.2 Å². The number of hydrogen-bond acceptors (Lipinski definition) is 9. The molecule has 0 unspecified atom stereocenters. The average Bonchev–Trinajstić information content (AvgIpc) is 3.03. The highest BCUT2D eigenvalue weighted by Crippen LogP contribution is 2.19. The molecular formula is C31H40N2O11. The van der Waals surface area contributed by atoms with Crippen LogP contribution in [0.25, 0.3) is 0 Å². The summed E-state index contributed by atoms with van der Waals surface area (Å²) in [5, 5.41) is 29.6. The van der Waals surface area contributed by atoms with Crippen molar-refractivity contribution in [1.82, 2.24) is 9.80 Å². The van der Waals surface area contributed by atoms with Crippen LogP contribution in [0.5, 0.6) is 11.5 Å². The standard InChI is InChI=1S/C27H36N2O3.2C2H2O4/c30-27(23-7-11-25(12-8-23)31-21-19-28-15-3-1-4-16-28)24-9-13-26(14-10-24)32-22-20-29-17-5-2-6-18-29;2*3-1(4)2(5)6/h7-14H,1-6,15-22H2;2*(H,3,4)(H,5,6). The van der Waals surface area contributed by atoms with Crippen molar-refractivity contribution in [1.29, 1.82) is 0 Å². The van der Waals surface area contributed by atoms with Gasteiger partial charge >= 0.3 is 23.9 Å². The zero-order chi connectivity index (χ0) is 32.3. The topological polar surface area (TPSA) is 191 Å². The van der Waals surface area contributed by atoms with Crippen LogP contribution in [0.2, 0.25) is 0 Å². The fourth-order valence-electron chi connectivity index (χ4n) is 4.52. The van der Waals surface area contributed by atoms with E-state index in [1.165, 1.54) is 64.7 Å². The zero-order valence-electron chi connectivity index (χ0n) is 24.6. The van der Waals surface area contributed by atoms with Crippen LogP contribution in [0.15, 0.2) is 48.5 Å². The molecule has 0 saturated carbocycles. The van der Waals surface area contributed by atoms with Crippen molar-refractivity contribution in [2.75, 3.05) is 52.5 Å². The maximum absolute atomic E-state index is 12.8. The second-order valence-corrected chi connectivity index (χ2v) is 10.1. The third-order valence-corrected chi connectivity index (χ3v) is 6.85. The Balaban J connectivity index is 0.000000477. The van der Waals surface area contributed by atoms with E-state index in [-0.39, 0.29) is 5.78 Å². The van der Waals surface area contributed by atoms with E-state index in [0.29, 0.717) is 24.3 Å². The first-order chi connectivity index (χ1) is 21.1. The molecule has 0 amide bonds. The summed E-state index contributed by atoms with van der Waals surface area (Å²) >= 11 is 0. The quantitative estimate of drug-likeness (QED) is 0.225. The van der Waals surface area contributed by atoms with Crippen LogP contribution in [0.4, 0.5) is 0 Å². The van der Waals surface area contributed by atoms with Crippen molar-refractivity contribution in [3.8, 4) is 11.5 Å². The lowest BCUT2D eigenvalue weighted by Gasteiger charge is -2.26. The van der Waals surface area contributed by atoms with Crippen molar-refractivity contribution in [3.05, 3.63) is 59.7 Å². The van der Waals surface area contributed by atoms with E-state index in [2.05, 4.69) is 9.80 Å². The smallest absolute Gasteiger partial charge is 0.414 e. The molecule has 44 heavy (non-hydrogen) atoms. The molecule has 0 spiro atoms. The normalized spacial score (nSPS) is 14.9. The van der Waals surface area contributed by atoms with Crippen molar-refractivity contribution >= 4 is 29.7 Å². The van der Waals surface area contributed by atoms with Gasteiger partial charge in [0.15, 0.2) is 5.78 Å². The number of benzene rings is 2. The molecular weight excluding hydrogens is 576 g/mol. The Morgan fingerprint density at radius 2 is 0.795 bits per heavy atom. The van der Waals surface area contributed by atoms with Crippen LogP contribution in [-0.4, -0.2) is 112 Å². The molecule has 13 nitrogen and oxygen atoms in total. The number of carbonyl (C=O) groups excluding carboxylic acids is 1. The van der Waals surface area contributed by atoms with E-state index < -0.39 is 23.9 Å². The van der Waals surface area contributed by atoms with Gasteiger partial charge in [-0.25, -0.2) is 19.2 Å². The lowest BCUT2D eigenvalue weighted by Crippen LogP contribution is -2.33. The van der Waals surface area contributed by atoms with Crippen molar-refractivity contribution in [3.63, 3.8) is 0 Å². The SMILES string of the molecule is O=C(O)C(=O)O.O=C(O)C(=O)O.O=C(c1ccc(OCCN2CCCCC2)cc1)c1ccc(OCCN2CCCCC2)cc1. The summed E-state index contributed by atoms with van der Waals surface area (Å²) in [4.78, 5) is 54.1. The first-order valence-corrected chi connectivity index (χ1v) is 14.4. The molecule has 2 heterocycles. The Morgan fingerprint density at radius 3 is 1.07 bits per heavy atom. The second kappa shape index (κ2) is 19.7. The number of aliphatic carboxylic acids is 4. The maximum Gasteiger partial charge on any atom is 0.414 e. The second-order valence-electron chi connectivity index (χ2n) is 10.1. The number of likely N-dealkylation sites (tertiary alicyclic amines) is 2. The molecule has 2 saturated heterocycles. The van der Waals surface area contributed by atoms with Gasteiger partial charge in [-0.2, -0.15) is 0 Å². The summed E-state index contributed by atoms with van der Waals surface area (Å²) in [5.41, 5.74) is 1.35. The monoisotopic (exact) mass is 616 g/mol. The van der Waals surface area contributed by atoms with Crippen molar-refractivity contribution in [2.24, 2.45) is 0 Å². The molecule has 13 heteroatoms. The van der Waals surface area contributed by atoms with Crippen molar-refractivity contribution in [2.45, 2.75) is 38.5 Å². The highest BCUT2D eigenvalue weighted by Gasteiger charge is 2.12. The summed E-state index contributed by atoms with van der Waals surface area (Å²) in [6, 6.07) is 15.0. The van der Waals surface area contributed by atoms with Crippen LogP contribution in [0, 0.1) is 0 Å². The van der Waals surface area contributed by atoms with Crippen LogP contribution >= 0.6 is 0 Å². The van der Waals surface area contributed by atoms with Gasteiger partial charge in [0.05, 0.1) is 0 Å². The summed E-state index contributed by atoms with van der Waals surface area (Å²) in [6.07, 6.45) is 7.87. The van der Waals surface area contributed by atoms with E-state index in [9.17, 15) is 4.79 Å². The van der Waals surface area contributed by atoms with Gasteiger partial charge in [0.2, 0.25) is 0 Å². The number of nitrogens with zero attached hydrogens (tertiary/aromatic N) is 2. The number of ether oxygens (including phenoxy) is 2. The van der Waals surface area contributed by atoms with Gasteiger partial charge in [-0.3, -0.25) is 14.6 Å². The van der Waals surface area contributed by atoms with E-state index in [0.717, 1.165) is 24.6 Å². The van der Waals surface area contributed by atoms with Gasteiger partial charge in [0.1, 0.15) is 24.7 Å². The number of hydrogen-bond donors (Lipinski definition) is 4. The third kappa shape index (κ3) is 14.1. The summed E-state index contributed by atoms with van der Waals surface area (Å²) in [6.45, 7) is 8.02. The van der Waals surface area contributed by atoms with Gasteiger partial charge in [-0.05, 0) is 100 Å². The molecule has 2 fully saturated rings. The summed E-state index contributed by atoms with van der Waals surface area (Å²) in [7, 11) is 0. The maximum atomic E-state index is 12.8. The molecule has 4 N–H and O–H groups in total. The molecule has 2 aliphatic heterocycles. The van der Waals surface area contributed by atoms with E-state index >= 15 is 0 Å². The molecule has 0 atom stereocenters. The Hall–Kier alpha value is -4.49. The van der Waals surface area contributed by atoms with Gasteiger partial charge in [-0.15, -0.1) is 0 Å². The van der Waals surface area contributed by atoms with Gasteiger partial charge in [0, 0.05) is 24.2 Å². The third-order valence-electron chi connectivity index (χ3n) is 6.85. The highest BCUT2D eigenvalue weighted by molar-refractivity contribution is 6.27. The number of carboxylic acid groups (broad SMARTS) is 4. The number of ketones is 1. The largest absolute Gasteiger partial charge is 0.492 e. The van der Waals surface area contributed by atoms with Crippen molar-refractivity contribution < 1.29 is 53.9 Å². The predicted octanol–water partition coefficient (Wildman–Crippen LogP) is 2.96. The first-order valence-electron chi connectivity index (χ1n) is 14.4. The van der Waals surface area contributed by atoms with Crippen LogP contribution < -0.4 is 9.47 Å². The Morgan fingerprint density at radius 1 is 0.500 bits per heavy atom. The Kier molecular flexibility index (Phi) is 15.9. The Bertz CT molecular complexity index is 1090. The van der Waals surface area contributed by atoms with E-state index in [4.69, 9.17) is 49.1 Å². The molecule has 0 aromatic heterocycles. The predicted molar refractivity (Wildman–Crippen MR) is 158 cm³/mol. The first kappa shape index (κ1) is 35.7. The lowest BCUT2D eigenvalue weighted by atomic mass is 10.0. The van der Waals surface area contributed by atoms with Gasteiger partial charge in [0.25, 0.3) is 0 Å². The number of carbonyl (C=O) groups is 5. The van der Waals surface area contributed by atoms with Crippen LogP contribution in [0.3, 0.4) is 0 Å². The van der Waals surface area contributed by atoms with E-state index in [1.807, 2.05) is 48.5 Å². The fraction of sp³-hybridized carbons (Fsp3) is 0.452. The molecule has 0 radical (unpaired) electrons. The molecule has 0 bridgehead atoms. The minimum absolute atomic E-state index is 0.0183. The minimum atomic E-state index is -1.82. The number of carboxylic acids is 4. The van der Waals surface area contributed by atoms with Gasteiger partial charge in [-0.1, -0.05) is 12.8 Å². The summed E-state index contributed by atoms with van der Waals surface area (Å²) in [5.74, 6) is -5.65. The highest BCUT2D eigenvalue weighted by atomic mass is 16.5. The molecule has 2 aromatic rings. The Labute approximate surface area is 255 Å². The number of rotatable bonds is 10. The molecule has 2 aromatic carbocycles. The molecule has 240 valence electrons. The van der Waals surface area contributed by atoms with E-state index in [1.54, 1.807) is 0 Å². The van der Waals surface area contributed by atoms with Crippen LogP contribution in [0.1, 0.15) is 54.4 Å². The minimum Gasteiger partial charge on any atom is -0.492 e.